The number of thiazole rings is 1. The summed E-state index contributed by atoms with van der Waals surface area (Å²) < 4.78 is 0. The first-order valence-electron chi connectivity index (χ1n) is 6.06. The predicted octanol–water partition coefficient (Wildman–Crippen LogP) is 2.66. The zero-order valence-electron chi connectivity index (χ0n) is 9.78. The van der Waals surface area contributed by atoms with Gasteiger partial charge in [-0.2, -0.15) is 0 Å². The van der Waals surface area contributed by atoms with Crippen LogP contribution in [-0.4, -0.2) is 23.2 Å². The van der Waals surface area contributed by atoms with E-state index in [1.165, 1.54) is 25.7 Å². The molecule has 2 rings (SSSR count). The van der Waals surface area contributed by atoms with E-state index in [-0.39, 0.29) is 0 Å². The van der Waals surface area contributed by atoms with Crippen molar-refractivity contribution in [2.45, 2.75) is 32.6 Å². The molecule has 1 aliphatic carbocycles. The molecule has 2 unspecified atom stereocenters. The molecule has 1 heterocycles. The Morgan fingerprint density at radius 3 is 2.81 bits per heavy atom. The van der Waals surface area contributed by atoms with Crippen LogP contribution >= 0.6 is 11.3 Å². The number of aryl methyl sites for hydroxylation is 1. The number of anilines is 1. The van der Waals surface area contributed by atoms with Gasteiger partial charge in [0.05, 0.1) is 5.69 Å². The number of nitrogens with one attached hydrogen (secondary N) is 1. The molecule has 1 fully saturated rings. The van der Waals surface area contributed by atoms with Gasteiger partial charge in [0.1, 0.15) is 0 Å². The van der Waals surface area contributed by atoms with Gasteiger partial charge in [-0.1, -0.05) is 12.8 Å². The molecule has 1 aliphatic rings. The van der Waals surface area contributed by atoms with E-state index in [1.54, 1.807) is 11.3 Å². The van der Waals surface area contributed by atoms with Crippen molar-refractivity contribution in [3.63, 3.8) is 0 Å². The van der Waals surface area contributed by atoms with E-state index >= 15 is 0 Å². The summed E-state index contributed by atoms with van der Waals surface area (Å²) in [6, 6.07) is 0. The summed E-state index contributed by atoms with van der Waals surface area (Å²) in [4.78, 5) is 4.39. The van der Waals surface area contributed by atoms with Gasteiger partial charge in [0.25, 0.3) is 0 Å². The molecule has 4 heteroatoms. The second kappa shape index (κ2) is 5.64. The molecular weight excluding hydrogens is 220 g/mol. The molecule has 1 aromatic heterocycles. The smallest absolute Gasteiger partial charge is 0.182 e. The first kappa shape index (κ1) is 11.9. The maximum atomic E-state index is 9.32. The molecule has 0 saturated heterocycles. The van der Waals surface area contributed by atoms with Crippen molar-refractivity contribution in [1.82, 2.24) is 4.98 Å². The van der Waals surface area contributed by atoms with E-state index in [0.29, 0.717) is 18.4 Å². The number of hydrogen-bond donors (Lipinski definition) is 2. The maximum absolute atomic E-state index is 9.32. The predicted molar refractivity (Wildman–Crippen MR) is 67.9 cm³/mol. The van der Waals surface area contributed by atoms with Crippen molar-refractivity contribution in [2.75, 3.05) is 18.5 Å². The van der Waals surface area contributed by atoms with Gasteiger partial charge in [0, 0.05) is 18.5 Å². The Kier molecular flexibility index (Phi) is 4.18. The Labute approximate surface area is 101 Å². The van der Waals surface area contributed by atoms with E-state index in [4.69, 9.17) is 0 Å². The maximum Gasteiger partial charge on any atom is 0.182 e. The topological polar surface area (TPSA) is 45.1 Å². The average molecular weight is 240 g/mol. The molecule has 2 atom stereocenters. The molecule has 0 bridgehead atoms. The normalized spacial score (nSPS) is 25.6. The highest BCUT2D eigenvalue weighted by Gasteiger charge is 2.24. The van der Waals surface area contributed by atoms with Crippen molar-refractivity contribution in [2.24, 2.45) is 11.8 Å². The molecule has 16 heavy (non-hydrogen) atoms. The van der Waals surface area contributed by atoms with E-state index in [9.17, 15) is 5.11 Å². The quantitative estimate of drug-likeness (QED) is 0.850. The van der Waals surface area contributed by atoms with Crippen LogP contribution in [0.2, 0.25) is 0 Å². The second-order valence-corrected chi connectivity index (χ2v) is 5.52. The molecule has 0 radical (unpaired) electrons. The third kappa shape index (κ3) is 2.95. The monoisotopic (exact) mass is 240 g/mol. The summed E-state index contributed by atoms with van der Waals surface area (Å²) in [5.74, 6) is 1.10. The summed E-state index contributed by atoms with van der Waals surface area (Å²) >= 11 is 1.66. The van der Waals surface area contributed by atoms with Gasteiger partial charge in [0.15, 0.2) is 5.13 Å². The van der Waals surface area contributed by atoms with E-state index < -0.39 is 0 Å². The van der Waals surface area contributed by atoms with Crippen LogP contribution < -0.4 is 5.32 Å². The van der Waals surface area contributed by atoms with Gasteiger partial charge in [-0.05, 0) is 31.6 Å². The van der Waals surface area contributed by atoms with Gasteiger partial charge < -0.3 is 10.4 Å². The molecule has 0 aromatic carbocycles. The van der Waals surface area contributed by atoms with Gasteiger partial charge in [0.2, 0.25) is 0 Å². The molecule has 0 aliphatic heterocycles. The third-order valence-corrected chi connectivity index (χ3v) is 4.35. The molecule has 0 amide bonds. The van der Waals surface area contributed by atoms with E-state index in [1.807, 2.05) is 6.92 Å². The van der Waals surface area contributed by atoms with Crippen LogP contribution in [0.1, 0.15) is 31.4 Å². The fourth-order valence-corrected chi connectivity index (χ4v) is 3.15. The summed E-state index contributed by atoms with van der Waals surface area (Å²) in [5, 5.41) is 15.8. The average Bonchev–Trinajstić information content (AvgIpc) is 2.73. The lowest BCUT2D eigenvalue weighted by molar-refractivity contribution is 0.141. The minimum atomic E-state index is 0.337. The van der Waals surface area contributed by atoms with Gasteiger partial charge in [-0.25, -0.2) is 4.98 Å². The van der Waals surface area contributed by atoms with Crippen LogP contribution in [0.15, 0.2) is 5.38 Å². The first-order valence-corrected chi connectivity index (χ1v) is 6.94. The fraction of sp³-hybridized carbons (Fsp3) is 0.750. The van der Waals surface area contributed by atoms with Gasteiger partial charge >= 0.3 is 0 Å². The molecule has 3 nitrogen and oxygen atoms in total. The fourth-order valence-electron chi connectivity index (χ4n) is 2.45. The summed E-state index contributed by atoms with van der Waals surface area (Å²) in [7, 11) is 0. The highest BCUT2D eigenvalue weighted by atomic mass is 32.1. The summed E-state index contributed by atoms with van der Waals surface area (Å²) in [6.07, 6.45) is 5.00. The van der Waals surface area contributed by atoms with E-state index in [2.05, 4.69) is 15.7 Å². The molecule has 1 saturated carbocycles. The van der Waals surface area contributed by atoms with Crippen LogP contribution in [0.5, 0.6) is 0 Å². The number of aliphatic hydroxyl groups is 1. The summed E-state index contributed by atoms with van der Waals surface area (Å²) in [6.45, 7) is 3.31. The highest BCUT2D eigenvalue weighted by molar-refractivity contribution is 7.13. The standard InChI is InChI=1S/C12H20N2OS/c1-9-8-16-12(14-9)13-6-10-4-2-3-5-11(10)7-15/h8,10-11,15H,2-7H2,1H3,(H,13,14). The Morgan fingerprint density at radius 2 is 2.19 bits per heavy atom. The first-order chi connectivity index (χ1) is 7.79. The van der Waals surface area contributed by atoms with E-state index in [0.717, 1.165) is 17.4 Å². The Morgan fingerprint density at radius 1 is 1.44 bits per heavy atom. The number of nitrogens with zero attached hydrogens (tertiary/aromatic N) is 1. The van der Waals surface area contributed by atoms with Crippen LogP contribution in [0.4, 0.5) is 5.13 Å². The van der Waals surface area contributed by atoms with Crippen LogP contribution in [-0.2, 0) is 0 Å². The minimum absolute atomic E-state index is 0.337. The molecular formula is C12H20N2OS. The van der Waals surface area contributed by atoms with Crippen molar-refractivity contribution < 1.29 is 5.11 Å². The van der Waals surface area contributed by atoms with Crippen molar-refractivity contribution in [3.8, 4) is 0 Å². The Balaban J connectivity index is 1.84. The Hall–Kier alpha value is -0.610. The lowest BCUT2D eigenvalue weighted by Crippen LogP contribution is -2.28. The van der Waals surface area contributed by atoms with Crippen LogP contribution in [0.3, 0.4) is 0 Å². The lowest BCUT2D eigenvalue weighted by Gasteiger charge is -2.30. The van der Waals surface area contributed by atoms with Gasteiger partial charge in [-0.15, -0.1) is 11.3 Å². The number of aliphatic hydroxyl groups excluding tert-OH is 1. The summed E-state index contributed by atoms with van der Waals surface area (Å²) in [5.41, 5.74) is 1.08. The van der Waals surface area contributed by atoms with Crippen molar-refractivity contribution in [1.29, 1.82) is 0 Å². The van der Waals surface area contributed by atoms with Crippen molar-refractivity contribution >= 4 is 16.5 Å². The number of hydrogen-bond acceptors (Lipinski definition) is 4. The van der Waals surface area contributed by atoms with Crippen molar-refractivity contribution in [3.05, 3.63) is 11.1 Å². The molecule has 90 valence electrons. The zero-order chi connectivity index (χ0) is 11.4. The SMILES string of the molecule is Cc1csc(NCC2CCCCC2CO)n1. The minimum Gasteiger partial charge on any atom is -0.396 e. The zero-order valence-corrected chi connectivity index (χ0v) is 10.6. The Bertz CT molecular complexity index is 327. The van der Waals surface area contributed by atoms with Gasteiger partial charge in [-0.3, -0.25) is 0 Å². The highest BCUT2D eigenvalue weighted by Crippen LogP contribution is 2.30. The van der Waals surface area contributed by atoms with Crippen LogP contribution in [0, 0.1) is 18.8 Å². The number of rotatable bonds is 4. The molecule has 0 spiro atoms. The lowest BCUT2D eigenvalue weighted by atomic mass is 9.80. The second-order valence-electron chi connectivity index (χ2n) is 4.66. The number of aromatic nitrogens is 1. The molecule has 2 N–H and O–H groups in total. The third-order valence-electron chi connectivity index (χ3n) is 3.44. The molecule has 1 aromatic rings. The largest absolute Gasteiger partial charge is 0.396 e. The van der Waals surface area contributed by atoms with Crippen LogP contribution in [0.25, 0.3) is 0 Å².